The molecule has 1 N–H and O–H groups in total. The Kier molecular flexibility index (Phi) is 12.2. The molecule has 2 heterocycles. The minimum Gasteiger partial charge on any atom is -0.267 e. The van der Waals surface area contributed by atoms with Crippen molar-refractivity contribution in [2.75, 3.05) is 0 Å². The van der Waals surface area contributed by atoms with Crippen molar-refractivity contribution in [3.05, 3.63) is 194 Å². The number of nitrogens with one attached hydrogen (secondary N) is 1. The number of allylic oxidation sites excluding steroid dienone is 2. The van der Waals surface area contributed by atoms with E-state index in [0.29, 0.717) is 11.3 Å². The third-order valence-electron chi connectivity index (χ3n) is 11.2. The van der Waals surface area contributed by atoms with E-state index in [4.69, 9.17) is 5.41 Å². The first-order chi connectivity index (χ1) is 30.8. The van der Waals surface area contributed by atoms with E-state index < -0.39 is 5.91 Å². The van der Waals surface area contributed by atoms with Crippen molar-refractivity contribution in [2.24, 2.45) is 9.98 Å². The predicted octanol–water partition coefficient (Wildman–Crippen LogP) is 14.1. The third-order valence-corrected chi connectivity index (χ3v) is 14.4. The summed E-state index contributed by atoms with van der Waals surface area (Å²) in [5.41, 5.74) is 9.75. The van der Waals surface area contributed by atoms with Crippen LogP contribution in [0.15, 0.2) is 196 Å². The second-order valence-corrected chi connectivity index (χ2v) is 19.0. The van der Waals surface area contributed by atoms with Crippen LogP contribution in [0.1, 0.15) is 47.1 Å². The van der Waals surface area contributed by atoms with Crippen molar-refractivity contribution in [3.8, 4) is 6.07 Å². The molecule has 7 aromatic rings. The van der Waals surface area contributed by atoms with Gasteiger partial charge in [0.15, 0.2) is 0 Å². The Hall–Kier alpha value is -6.18. The normalized spacial score (nSPS) is 13.8. The molecule has 0 atom stereocenters. The number of amides is 2. The van der Waals surface area contributed by atoms with Gasteiger partial charge in [-0.1, -0.05) is 134 Å². The first-order valence-electron chi connectivity index (χ1n) is 20.1. The van der Waals surface area contributed by atoms with E-state index in [9.17, 15) is 14.9 Å². The van der Waals surface area contributed by atoms with Crippen LogP contribution >= 0.6 is 55.4 Å². The highest BCUT2D eigenvalue weighted by atomic mass is 79.9. The fraction of sp³-hybridized carbons (Fsp3) is 0.0755. The first-order valence-corrected chi connectivity index (χ1v) is 23.4. The van der Waals surface area contributed by atoms with Crippen LogP contribution in [0.2, 0.25) is 0 Å². The van der Waals surface area contributed by atoms with Crippen LogP contribution in [0.4, 0.5) is 0 Å². The predicted molar refractivity (Wildman–Crippen MR) is 264 cm³/mol. The quantitative estimate of drug-likeness (QED) is 0.115. The first kappa shape index (κ1) is 42.1. The van der Waals surface area contributed by atoms with E-state index in [2.05, 4.69) is 152 Å². The molecule has 2 aliphatic heterocycles. The Morgan fingerprint density at radius 3 is 1.60 bits per heavy atom. The molecule has 63 heavy (non-hydrogen) atoms. The van der Waals surface area contributed by atoms with Crippen LogP contribution in [0.25, 0.3) is 32.7 Å². The van der Waals surface area contributed by atoms with Gasteiger partial charge in [0.2, 0.25) is 0 Å². The monoisotopic (exact) mass is 980 g/mol. The molecule has 304 valence electrons. The Bertz CT molecular complexity index is 3250. The Labute approximate surface area is 390 Å². The molecular formula is C53H34Br2N4O2S2. The minimum absolute atomic E-state index is 0.0549. The average Bonchev–Trinajstić information content (AvgIpc) is 4.00. The molecule has 0 saturated heterocycles. The van der Waals surface area contributed by atoms with E-state index in [-0.39, 0.29) is 11.5 Å². The van der Waals surface area contributed by atoms with Gasteiger partial charge in [-0.15, -0.1) is 0 Å². The molecule has 2 aliphatic carbocycles. The van der Waals surface area contributed by atoms with Crippen molar-refractivity contribution >= 4 is 117 Å². The molecular weight excluding hydrogens is 949 g/mol. The van der Waals surface area contributed by atoms with Gasteiger partial charge >= 0.3 is 0 Å². The van der Waals surface area contributed by atoms with Crippen LogP contribution in [-0.2, 0) is 16.0 Å². The molecule has 0 radical (unpaired) electrons. The molecule has 0 saturated carbocycles. The van der Waals surface area contributed by atoms with Crippen LogP contribution in [0, 0.1) is 16.7 Å². The summed E-state index contributed by atoms with van der Waals surface area (Å²) >= 11 is 10.4. The van der Waals surface area contributed by atoms with E-state index in [1.54, 1.807) is 29.4 Å². The summed E-state index contributed by atoms with van der Waals surface area (Å²) in [6.45, 7) is 2.90. The van der Waals surface area contributed by atoms with Gasteiger partial charge in [0.25, 0.3) is 11.8 Å². The number of unbranched alkanes of at least 4 members (excludes halogenated alkanes) is 1. The number of aryl methyl sites for hydroxylation is 1. The van der Waals surface area contributed by atoms with Gasteiger partial charge in [-0.3, -0.25) is 15.0 Å². The van der Waals surface area contributed by atoms with Gasteiger partial charge < -0.3 is 0 Å². The SMILES string of the molecule is C=C=N.N#CC1=C2C(=NC1=O)c1cccc3c(Sc4ccc(Br)cc4)ccc2c13.O=C1N=C2C(=C1CCCCc1ccccc1)c1ccc(Sc3ccc(Br)cc3)c3cccc2c13. The zero-order valence-electron chi connectivity index (χ0n) is 33.5. The highest BCUT2D eigenvalue weighted by Gasteiger charge is 2.37. The lowest BCUT2D eigenvalue weighted by Gasteiger charge is -2.10. The Morgan fingerprint density at radius 2 is 1.06 bits per heavy atom. The van der Waals surface area contributed by atoms with Crippen molar-refractivity contribution in [3.63, 3.8) is 0 Å². The topological polar surface area (TPSA) is 106 Å². The molecule has 0 unspecified atom stereocenters. The average molecular weight is 983 g/mol. The molecule has 6 nitrogen and oxygen atoms in total. The maximum Gasteiger partial charge on any atom is 0.288 e. The van der Waals surface area contributed by atoms with Gasteiger partial charge in [-0.2, -0.15) is 5.26 Å². The van der Waals surface area contributed by atoms with Gasteiger partial charge in [-0.05, 0) is 126 Å². The highest BCUT2D eigenvalue weighted by molar-refractivity contribution is 9.10. The maximum atomic E-state index is 12.9. The number of aliphatic imine (C=N–C) groups is 2. The number of carbonyl (C=O) groups is 2. The van der Waals surface area contributed by atoms with Crippen molar-refractivity contribution in [1.29, 1.82) is 10.7 Å². The van der Waals surface area contributed by atoms with Crippen molar-refractivity contribution < 1.29 is 9.59 Å². The molecule has 0 aromatic heterocycles. The van der Waals surface area contributed by atoms with Crippen LogP contribution < -0.4 is 0 Å². The lowest BCUT2D eigenvalue weighted by Crippen LogP contribution is -1.98. The summed E-state index contributed by atoms with van der Waals surface area (Å²) in [6.07, 6.45) is 3.87. The van der Waals surface area contributed by atoms with Crippen LogP contribution in [-0.4, -0.2) is 29.1 Å². The minimum atomic E-state index is -0.437. The number of benzene rings is 7. The fourth-order valence-corrected chi connectivity index (χ4v) is 10.9. The second-order valence-electron chi connectivity index (χ2n) is 14.9. The van der Waals surface area contributed by atoms with Crippen LogP contribution in [0.3, 0.4) is 0 Å². The Balaban J connectivity index is 0.000000155. The number of hydrogen-bond acceptors (Lipinski definition) is 6. The fourth-order valence-electron chi connectivity index (χ4n) is 8.48. The van der Waals surface area contributed by atoms with Crippen LogP contribution in [0.5, 0.6) is 0 Å². The van der Waals surface area contributed by atoms with E-state index in [1.807, 2.05) is 42.5 Å². The molecule has 0 bridgehead atoms. The summed E-state index contributed by atoms with van der Waals surface area (Å²) in [5, 5.41) is 19.9. The summed E-state index contributed by atoms with van der Waals surface area (Å²) < 4.78 is 2.13. The smallest absolute Gasteiger partial charge is 0.267 e. The molecule has 4 aliphatic rings. The summed E-state index contributed by atoms with van der Waals surface area (Å²) in [5.74, 6) is 1.26. The molecule has 7 aromatic carbocycles. The number of nitriles is 1. The maximum absolute atomic E-state index is 12.9. The largest absolute Gasteiger partial charge is 0.288 e. The Morgan fingerprint density at radius 1 is 0.571 bits per heavy atom. The number of hydrogen-bond donors (Lipinski definition) is 1. The summed E-state index contributed by atoms with van der Waals surface area (Å²) in [6, 6.07) is 50.0. The van der Waals surface area contributed by atoms with Crippen molar-refractivity contribution in [1.82, 2.24) is 0 Å². The van der Waals surface area contributed by atoms with Gasteiger partial charge in [0, 0.05) is 67.1 Å². The third kappa shape index (κ3) is 8.15. The zero-order valence-corrected chi connectivity index (χ0v) is 38.4. The molecule has 10 heteroatoms. The number of rotatable bonds is 9. The molecule has 11 rings (SSSR count). The number of fused-ring (bicyclic) bond motifs is 6. The standard InChI is InChI=1S/C30H22BrNOS.C21H9BrN2OS.C2H3N/c31-20-13-15-21(16-14-20)34-26-18-17-23-27-22(26)11-6-12-24(27)29-28(23)25(30(33)32-29)10-5-4-9-19-7-2-1-3-8-19;22-11-4-6-12(7-5-11)26-17-9-8-14-18-13(17)2-1-3-15(18)20-19(14)16(10-23)21(25)24-20;1-2-3/h1-3,6-8,11-18H,4-5,9-10H2;1-9H;3H,1H2. The molecule has 2 amide bonds. The number of carbonyl (C=O) groups excluding carboxylic acids is 2. The van der Waals surface area contributed by atoms with Gasteiger partial charge in [0.05, 0.1) is 11.4 Å². The molecule has 0 spiro atoms. The van der Waals surface area contributed by atoms with Crippen molar-refractivity contribution in [2.45, 2.75) is 45.3 Å². The highest BCUT2D eigenvalue weighted by Crippen LogP contribution is 2.48. The zero-order chi connectivity index (χ0) is 43.6. The number of nitrogens with zero attached hydrogens (tertiary/aromatic N) is 3. The second kappa shape index (κ2) is 18.3. The van der Waals surface area contributed by atoms with E-state index >= 15 is 0 Å². The summed E-state index contributed by atoms with van der Waals surface area (Å²) in [4.78, 5) is 38.2. The number of halogens is 2. The lowest BCUT2D eigenvalue weighted by molar-refractivity contribution is -0.114. The van der Waals surface area contributed by atoms with Gasteiger partial charge in [-0.25, -0.2) is 9.98 Å². The van der Waals surface area contributed by atoms with E-state index in [1.165, 1.54) is 26.1 Å². The molecule has 0 fully saturated rings. The van der Waals surface area contributed by atoms with E-state index in [0.717, 1.165) is 94.3 Å². The lowest BCUT2D eigenvalue weighted by atomic mass is 9.96. The van der Waals surface area contributed by atoms with Gasteiger partial charge in [0.1, 0.15) is 11.6 Å². The summed E-state index contributed by atoms with van der Waals surface area (Å²) in [7, 11) is 0.